The van der Waals surface area contributed by atoms with Gasteiger partial charge in [0, 0.05) is 45.6 Å². The van der Waals surface area contributed by atoms with Crippen LogP contribution in [0.15, 0.2) is 42.5 Å². The molecule has 2 aromatic rings. The first-order valence-corrected chi connectivity index (χ1v) is 14.0. The zero-order valence-electron chi connectivity index (χ0n) is 22.9. The second kappa shape index (κ2) is 11.5. The summed E-state index contributed by atoms with van der Waals surface area (Å²) in [6.45, 7) is 8.66. The summed E-state index contributed by atoms with van der Waals surface area (Å²) >= 11 is 0. The Morgan fingerprint density at radius 3 is 2.00 bits per heavy atom. The standard InChI is InChI=1S/C30H39FN4O4/c1-22(36)32-29(24-8-9-27-28(20-24)39-21-38-27)10-16-34(17-11-29)14-5-15-35-18-12-30(13-19-35,33-23(2)37)25-6-3-4-7-26(25)31/h3-4,6-9,20H,5,10-19,21H2,1-2H3,(H,32,36)(H,33,37). The molecule has 2 saturated heterocycles. The highest BCUT2D eigenvalue weighted by Gasteiger charge is 2.40. The summed E-state index contributed by atoms with van der Waals surface area (Å²) in [6, 6.07) is 12.8. The van der Waals surface area contributed by atoms with Crippen molar-refractivity contribution in [3.05, 3.63) is 59.4 Å². The summed E-state index contributed by atoms with van der Waals surface area (Å²) in [5.41, 5.74) is 0.587. The van der Waals surface area contributed by atoms with Gasteiger partial charge in [0.1, 0.15) is 5.82 Å². The third-order valence-electron chi connectivity index (χ3n) is 8.51. The maximum Gasteiger partial charge on any atom is 0.231 e. The molecule has 0 aromatic heterocycles. The average molecular weight is 539 g/mol. The summed E-state index contributed by atoms with van der Waals surface area (Å²) in [7, 11) is 0. The molecule has 210 valence electrons. The number of benzene rings is 2. The van der Waals surface area contributed by atoms with Gasteiger partial charge in [0.15, 0.2) is 11.5 Å². The molecule has 0 saturated carbocycles. The Labute approximate surface area is 229 Å². The van der Waals surface area contributed by atoms with Crippen molar-refractivity contribution in [1.29, 1.82) is 0 Å². The lowest BCUT2D eigenvalue weighted by atomic mass is 9.80. The SMILES string of the molecule is CC(=O)NC1(c2ccc3c(c2)OCO3)CCN(CCCN2CCC(NC(C)=O)(c3ccccc3F)CC2)CC1. The second-order valence-electron chi connectivity index (χ2n) is 11.1. The summed E-state index contributed by atoms with van der Waals surface area (Å²) < 4.78 is 25.7. The van der Waals surface area contributed by atoms with E-state index in [9.17, 15) is 14.0 Å². The van der Waals surface area contributed by atoms with Gasteiger partial charge < -0.3 is 29.9 Å². The van der Waals surface area contributed by atoms with Crippen molar-refractivity contribution in [2.45, 2.75) is 57.0 Å². The molecular formula is C30H39FN4O4. The van der Waals surface area contributed by atoms with Crippen molar-refractivity contribution in [3.8, 4) is 11.5 Å². The van der Waals surface area contributed by atoms with Crippen LogP contribution in [0.3, 0.4) is 0 Å². The van der Waals surface area contributed by atoms with Crippen LogP contribution in [-0.2, 0) is 20.7 Å². The highest BCUT2D eigenvalue weighted by Crippen LogP contribution is 2.40. The van der Waals surface area contributed by atoms with Crippen LogP contribution in [0, 0.1) is 5.82 Å². The van der Waals surface area contributed by atoms with Crippen LogP contribution in [0.1, 0.15) is 57.1 Å². The average Bonchev–Trinajstić information content (AvgIpc) is 3.39. The zero-order valence-corrected chi connectivity index (χ0v) is 22.9. The number of piperidine rings is 2. The molecule has 2 aromatic carbocycles. The second-order valence-corrected chi connectivity index (χ2v) is 11.1. The van der Waals surface area contributed by atoms with Crippen molar-refractivity contribution in [2.24, 2.45) is 0 Å². The fraction of sp³-hybridized carbons (Fsp3) is 0.533. The van der Waals surface area contributed by atoms with Gasteiger partial charge in [-0.05, 0) is 69.0 Å². The summed E-state index contributed by atoms with van der Waals surface area (Å²) in [6.07, 6.45) is 4.07. The number of nitrogens with one attached hydrogen (secondary N) is 2. The highest BCUT2D eigenvalue weighted by atomic mass is 19.1. The molecule has 0 spiro atoms. The molecule has 0 aliphatic carbocycles. The Balaban J connectivity index is 1.13. The lowest BCUT2D eigenvalue weighted by Gasteiger charge is -2.44. The van der Waals surface area contributed by atoms with E-state index in [1.165, 1.54) is 13.0 Å². The smallest absolute Gasteiger partial charge is 0.231 e. The molecule has 3 heterocycles. The van der Waals surface area contributed by atoms with Crippen molar-refractivity contribution < 1.29 is 23.5 Å². The van der Waals surface area contributed by atoms with Gasteiger partial charge in [-0.25, -0.2) is 4.39 Å². The molecule has 0 atom stereocenters. The molecule has 3 aliphatic heterocycles. The minimum atomic E-state index is -0.650. The van der Waals surface area contributed by atoms with E-state index in [-0.39, 0.29) is 24.4 Å². The van der Waals surface area contributed by atoms with Crippen molar-refractivity contribution in [2.75, 3.05) is 46.1 Å². The van der Waals surface area contributed by atoms with Crippen LogP contribution in [0.5, 0.6) is 11.5 Å². The first-order valence-electron chi connectivity index (χ1n) is 14.0. The van der Waals surface area contributed by atoms with Crippen LogP contribution in [-0.4, -0.2) is 67.7 Å². The fourth-order valence-corrected chi connectivity index (χ4v) is 6.50. The number of amides is 2. The van der Waals surface area contributed by atoms with Gasteiger partial charge in [-0.3, -0.25) is 9.59 Å². The van der Waals surface area contributed by atoms with E-state index in [0.29, 0.717) is 18.4 Å². The molecule has 5 rings (SSSR count). The quantitative estimate of drug-likeness (QED) is 0.536. The van der Waals surface area contributed by atoms with Crippen LogP contribution in [0.2, 0.25) is 0 Å². The van der Waals surface area contributed by atoms with Gasteiger partial charge in [0.25, 0.3) is 0 Å². The Morgan fingerprint density at radius 1 is 0.821 bits per heavy atom. The Kier molecular flexibility index (Phi) is 8.09. The van der Waals surface area contributed by atoms with Crippen LogP contribution >= 0.6 is 0 Å². The number of carbonyl (C=O) groups is 2. The van der Waals surface area contributed by atoms with Gasteiger partial charge in [-0.2, -0.15) is 0 Å². The number of ether oxygens (including phenoxy) is 2. The van der Waals surface area contributed by atoms with Gasteiger partial charge in [-0.15, -0.1) is 0 Å². The summed E-state index contributed by atoms with van der Waals surface area (Å²) in [5.74, 6) is 1.06. The van der Waals surface area contributed by atoms with E-state index in [1.54, 1.807) is 19.1 Å². The normalized spacial score (nSPS) is 20.4. The van der Waals surface area contributed by atoms with E-state index in [0.717, 1.165) is 75.6 Å². The number of rotatable bonds is 8. The third-order valence-corrected chi connectivity index (χ3v) is 8.51. The van der Waals surface area contributed by atoms with Crippen LogP contribution < -0.4 is 20.1 Å². The number of halogens is 1. The molecular weight excluding hydrogens is 499 g/mol. The molecule has 0 unspecified atom stereocenters. The monoisotopic (exact) mass is 538 g/mol. The van der Waals surface area contributed by atoms with Crippen LogP contribution in [0.25, 0.3) is 0 Å². The van der Waals surface area contributed by atoms with E-state index in [1.807, 2.05) is 24.3 Å². The fourth-order valence-electron chi connectivity index (χ4n) is 6.50. The molecule has 39 heavy (non-hydrogen) atoms. The van der Waals surface area contributed by atoms with Crippen molar-refractivity contribution in [3.63, 3.8) is 0 Å². The van der Waals surface area contributed by atoms with Gasteiger partial charge in [0.2, 0.25) is 18.6 Å². The molecule has 0 bridgehead atoms. The zero-order chi connectivity index (χ0) is 27.5. The first kappa shape index (κ1) is 27.4. The third kappa shape index (κ3) is 6.04. The number of likely N-dealkylation sites (tertiary alicyclic amines) is 2. The molecule has 8 nitrogen and oxygen atoms in total. The summed E-state index contributed by atoms with van der Waals surface area (Å²) in [5, 5.41) is 6.31. The minimum absolute atomic E-state index is 0.0306. The predicted molar refractivity (Wildman–Crippen MR) is 146 cm³/mol. The molecule has 3 aliphatic rings. The molecule has 9 heteroatoms. The largest absolute Gasteiger partial charge is 0.454 e. The number of fused-ring (bicyclic) bond motifs is 1. The highest BCUT2D eigenvalue weighted by molar-refractivity contribution is 5.74. The Morgan fingerprint density at radius 2 is 1.38 bits per heavy atom. The lowest BCUT2D eigenvalue weighted by Crippen LogP contribution is -2.53. The number of nitrogens with zero attached hydrogens (tertiary/aromatic N) is 2. The van der Waals surface area contributed by atoms with E-state index < -0.39 is 11.1 Å². The number of hydrogen-bond acceptors (Lipinski definition) is 6. The molecule has 2 fully saturated rings. The van der Waals surface area contributed by atoms with Gasteiger partial charge in [-0.1, -0.05) is 24.3 Å². The lowest BCUT2D eigenvalue weighted by molar-refractivity contribution is -0.122. The van der Waals surface area contributed by atoms with E-state index in [4.69, 9.17) is 9.47 Å². The molecule has 2 N–H and O–H groups in total. The number of hydrogen-bond donors (Lipinski definition) is 2. The Bertz CT molecular complexity index is 1190. The summed E-state index contributed by atoms with van der Waals surface area (Å²) in [4.78, 5) is 29.0. The van der Waals surface area contributed by atoms with Crippen molar-refractivity contribution >= 4 is 11.8 Å². The van der Waals surface area contributed by atoms with E-state index in [2.05, 4.69) is 20.4 Å². The van der Waals surface area contributed by atoms with E-state index >= 15 is 0 Å². The van der Waals surface area contributed by atoms with Crippen molar-refractivity contribution in [1.82, 2.24) is 20.4 Å². The van der Waals surface area contributed by atoms with Crippen LogP contribution in [0.4, 0.5) is 4.39 Å². The maximum atomic E-state index is 14.7. The Hall–Kier alpha value is -3.17. The first-order chi connectivity index (χ1) is 18.8. The predicted octanol–water partition coefficient (Wildman–Crippen LogP) is 3.50. The van der Waals surface area contributed by atoms with Gasteiger partial charge >= 0.3 is 0 Å². The topological polar surface area (TPSA) is 83.1 Å². The minimum Gasteiger partial charge on any atom is -0.454 e. The van der Waals surface area contributed by atoms with Gasteiger partial charge in [0.05, 0.1) is 11.1 Å². The molecule has 0 radical (unpaired) electrons. The maximum absolute atomic E-state index is 14.7. The number of carbonyl (C=O) groups excluding carboxylic acids is 2. The molecule has 2 amide bonds.